The first-order valence-electron chi connectivity index (χ1n) is 3.84. The van der Waals surface area contributed by atoms with Gasteiger partial charge in [0.15, 0.2) is 0 Å². The van der Waals surface area contributed by atoms with Crippen LogP contribution in [0.4, 0.5) is 0 Å². The highest BCUT2D eigenvalue weighted by atomic mass is 16.2. The third kappa shape index (κ3) is 1.89. The summed E-state index contributed by atoms with van der Waals surface area (Å²) in [7, 11) is 1.93. The van der Waals surface area contributed by atoms with Crippen LogP contribution in [0.2, 0.25) is 0 Å². The molecule has 0 atom stereocenters. The van der Waals surface area contributed by atoms with Crippen LogP contribution >= 0.6 is 0 Å². The molecule has 12 heavy (non-hydrogen) atoms. The van der Waals surface area contributed by atoms with Gasteiger partial charge in [0.2, 0.25) is 0 Å². The molecule has 1 rings (SSSR count). The first-order valence-corrected chi connectivity index (χ1v) is 3.84. The van der Waals surface area contributed by atoms with E-state index in [9.17, 15) is 0 Å². The number of hydrogen-bond donors (Lipinski definition) is 2. The maximum absolute atomic E-state index is 8.79. The van der Waals surface area contributed by atoms with Crippen molar-refractivity contribution in [3.05, 3.63) is 36.4 Å². The van der Waals surface area contributed by atoms with E-state index in [1.807, 2.05) is 31.3 Å². The van der Waals surface area contributed by atoms with Gasteiger partial charge in [0.25, 0.3) is 0 Å². The highest BCUT2D eigenvalue weighted by Gasteiger charge is 1.96. The highest BCUT2D eigenvalue weighted by molar-refractivity contribution is 6.45. The molecule has 62 valence electrons. The van der Waals surface area contributed by atoms with Gasteiger partial charge in [0.05, 0.1) is 0 Å². The van der Waals surface area contributed by atoms with E-state index in [0.29, 0.717) is 0 Å². The van der Waals surface area contributed by atoms with Gasteiger partial charge in [-0.15, -0.1) is 0 Å². The van der Waals surface area contributed by atoms with E-state index in [4.69, 9.17) is 5.02 Å². The van der Waals surface area contributed by atoms with E-state index in [2.05, 4.69) is 11.9 Å². The number of hydrogen-bond acceptors (Lipinski definition) is 2. The molecule has 0 heterocycles. The zero-order valence-corrected chi connectivity index (χ0v) is 7.17. The smallest absolute Gasteiger partial charge is 0.304 e. The molecule has 2 N–H and O–H groups in total. The molecule has 1 aromatic carbocycles. The van der Waals surface area contributed by atoms with Crippen LogP contribution in [0.15, 0.2) is 30.8 Å². The van der Waals surface area contributed by atoms with E-state index in [-0.39, 0.29) is 7.48 Å². The van der Waals surface area contributed by atoms with E-state index in [0.717, 1.165) is 16.7 Å². The van der Waals surface area contributed by atoms with Crippen molar-refractivity contribution in [2.24, 2.45) is 0 Å². The van der Waals surface area contributed by atoms with Gasteiger partial charge < -0.3 is 10.3 Å². The summed E-state index contributed by atoms with van der Waals surface area (Å²) < 4.78 is 0. The van der Waals surface area contributed by atoms with Crippen molar-refractivity contribution < 1.29 is 5.02 Å². The average molecular weight is 161 g/mol. The molecule has 1 aromatic rings. The molecule has 0 aliphatic carbocycles. The molecule has 0 aliphatic rings. The lowest BCUT2D eigenvalue weighted by atomic mass is 9.88. The minimum Gasteiger partial charge on any atom is -0.449 e. The summed E-state index contributed by atoms with van der Waals surface area (Å²) in [6.07, 6.45) is 0. The van der Waals surface area contributed by atoms with Gasteiger partial charge in [-0.25, -0.2) is 0 Å². The average Bonchev–Trinajstić information content (AvgIpc) is 2.17. The molecule has 0 unspecified atom stereocenters. The number of rotatable bonds is 3. The highest BCUT2D eigenvalue weighted by Crippen LogP contribution is 2.05. The van der Waals surface area contributed by atoms with Gasteiger partial charge >= 0.3 is 7.48 Å². The maximum atomic E-state index is 8.79. The van der Waals surface area contributed by atoms with Crippen LogP contribution < -0.4 is 10.8 Å². The zero-order valence-electron chi connectivity index (χ0n) is 7.17. The molecule has 3 heteroatoms. The summed E-state index contributed by atoms with van der Waals surface area (Å²) in [6, 6.07) is 7.64. The van der Waals surface area contributed by atoms with Crippen LogP contribution in [0.25, 0.3) is 5.70 Å². The summed E-state index contributed by atoms with van der Waals surface area (Å²) >= 11 is 0. The molecule has 0 spiro atoms. The summed E-state index contributed by atoms with van der Waals surface area (Å²) in [6.45, 7) is 3.83. The molecule has 0 aromatic heterocycles. The summed E-state index contributed by atoms with van der Waals surface area (Å²) in [5.74, 6) is 0. The molecule has 0 saturated heterocycles. The van der Waals surface area contributed by atoms with E-state index < -0.39 is 0 Å². The van der Waals surface area contributed by atoms with E-state index >= 15 is 0 Å². The fraction of sp³-hybridized carbons (Fsp3) is 0.111. The van der Waals surface area contributed by atoms with Gasteiger partial charge in [0.1, 0.15) is 0 Å². The van der Waals surface area contributed by atoms with Crippen LogP contribution in [0.5, 0.6) is 0 Å². The van der Waals surface area contributed by atoms with Gasteiger partial charge in [-0.05, 0) is 5.56 Å². The molecular weight excluding hydrogens is 149 g/mol. The Kier molecular flexibility index (Phi) is 2.94. The van der Waals surface area contributed by atoms with Crippen LogP contribution in [-0.4, -0.2) is 19.6 Å². The van der Waals surface area contributed by atoms with Gasteiger partial charge in [0, 0.05) is 12.7 Å². The van der Waals surface area contributed by atoms with Gasteiger partial charge in [-0.2, -0.15) is 0 Å². The van der Waals surface area contributed by atoms with Crippen molar-refractivity contribution in [2.75, 3.05) is 7.05 Å². The topological polar surface area (TPSA) is 32.3 Å². The van der Waals surface area contributed by atoms with Crippen molar-refractivity contribution >= 4 is 18.6 Å². The van der Waals surface area contributed by atoms with E-state index in [1.54, 1.807) is 0 Å². The second-order valence-electron chi connectivity index (χ2n) is 2.58. The Morgan fingerprint density at radius 3 is 2.42 bits per heavy atom. The van der Waals surface area contributed by atoms with Gasteiger partial charge in [-0.3, -0.25) is 0 Å². The first kappa shape index (κ1) is 8.88. The zero-order chi connectivity index (χ0) is 8.97. The first-order chi connectivity index (χ1) is 5.77. The summed E-state index contributed by atoms with van der Waals surface area (Å²) in [5, 5.41) is 11.7. The monoisotopic (exact) mass is 161 g/mol. The maximum Gasteiger partial charge on any atom is 0.304 e. The van der Waals surface area contributed by atoms with Gasteiger partial charge in [-0.1, -0.05) is 36.3 Å². The third-order valence-corrected chi connectivity index (χ3v) is 1.79. The Hall–Kier alpha value is -1.22. The van der Waals surface area contributed by atoms with Crippen molar-refractivity contribution in [3.63, 3.8) is 0 Å². The molecule has 0 fully saturated rings. The number of benzene rings is 1. The second-order valence-corrected chi connectivity index (χ2v) is 2.58. The molecule has 0 saturated carbocycles. The fourth-order valence-corrected chi connectivity index (χ4v) is 0.956. The lowest BCUT2D eigenvalue weighted by molar-refractivity contribution is 0.615. The van der Waals surface area contributed by atoms with Crippen molar-refractivity contribution in [2.45, 2.75) is 0 Å². The lowest BCUT2D eigenvalue weighted by Gasteiger charge is -2.04. The van der Waals surface area contributed by atoms with Crippen LogP contribution in [0.1, 0.15) is 5.56 Å². The Labute approximate surface area is 73.2 Å². The van der Waals surface area contributed by atoms with Crippen molar-refractivity contribution in [3.8, 4) is 0 Å². The fourth-order valence-electron chi connectivity index (χ4n) is 0.956. The molecule has 0 amide bonds. The quantitative estimate of drug-likeness (QED) is 0.604. The molecule has 0 radical (unpaired) electrons. The molecule has 0 bridgehead atoms. The predicted octanol–water partition coefficient (Wildman–Crippen LogP) is -0.154. The van der Waals surface area contributed by atoms with Crippen LogP contribution in [-0.2, 0) is 0 Å². The summed E-state index contributed by atoms with van der Waals surface area (Å²) in [5.41, 5.74) is 2.86. The standard InChI is InChI=1S/C9H12BNO/c1-7(11-2)8-3-5-9(10-12)6-4-8/h3-6,10-12H,1H2,2H3. The molecule has 0 aliphatic heterocycles. The second kappa shape index (κ2) is 3.97. The van der Waals surface area contributed by atoms with Crippen LogP contribution in [0, 0.1) is 0 Å². The number of nitrogens with one attached hydrogen (secondary N) is 1. The van der Waals surface area contributed by atoms with Crippen molar-refractivity contribution in [1.29, 1.82) is 0 Å². The Morgan fingerprint density at radius 2 is 2.00 bits per heavy atom. The normalized spacial score (nSPS) is 9.17. The van der Waals surface area contributed by atoms with Crippen molar-refractivity contribution in [1.82, 2.24) is 5.32 Å². The lowest BCUT2D eigenvalue weighted by Crippen LogP contribution is -2.13. The Balaban J connectivity index is 2.84. The minimum atomic E-state index is 0.0896. The summed E-state index contributed by atoms with van der Waals surface area (Å²) in [4.78, 5) is 0. The third-order valence-electron chi connectivity index (χ3n) is 1.79. The largest absolute Gasteiger partial charge is 0.449 e. The van der Waals surface area contributed by atoms with E-state index in [1.165, 1.54) is 0 Å². The minimum absolute atomic E-state index is 0.0896. The van der Waals surface area contributed by atoms with Crippen LogP contribution in [0.3, 0.4) is 0 Å². The molecular formula is C9H12BNO. The molecule has 2 nitrogen and oxygen atoms in total. The predicted molar refractivity (Wildman–Crippen MR) is 53.5 cm³/mol. The Bertz CT molecular complexity index is 268. The SMILES string of the molecule is C=C(NC)c1ccc(BO)cc1. The Morgan fingerprint density at radius 1 is 1.42 bits per heavy atom.